The zero-order valence-corrected chi connectivity index (χ0v) is 13.9. The van der Waals surface area contributed by atoms with E-state index < -0.39 is 0 Å². The topological polar surface area (TPSA) is 45.5 Å². The minimum atomic E-state index is -0.0651. The number of furan rings is 1. The molecule has 4 heteroatoms. The molecule has 0 bridgehead atoms. The first-order valence-electron chi connectivity index (χ1n) is 8.54. The predicted molar refractivity (Wildman–Crippen MR) is 97.7 cm³/mol. The van der Waals surface area contributed by atoms with Crippen LogP contribution in [0.5, 0.6) is 0 Å². The second kappa shape index (κ2) is 6.85. The number of fused-ring (bicyclic) bond motifs is 1. The number of carbonyl (C=O) groups excluding carboxylic acids is 1. The summed E-state index contributed by atoms with van der Waals surface area (Å²) in [6, 6.07) is 21.6. The van der Waals surface area contributed by atoms with Gasteiger partial charge >= 0.3 is 0 Å². The number of hydrogen-bond donors (Lipinski definition) is 1. The fourth-order valence-corrected chi connectivity index (χ4v) is 3.41. The molecule has 0 aliphatic carbocycles. The molecule has 3 aromatic rings. The third kappa shape index (κ3) is 3.15. The van der Waals surface area contributed by atoms with Crippen molar-refractivity contribution in [1.82, 2.24) is 5.32 Å². The molecule has 0 saturated carbocycles. The van der Waals surface area contributed by atoms with Crippen LogP contribution in [0.15, 0.2) is 77.4 Å². The van der Waals surface area contributed by atoms with Crippen molar-refractivity contribution in [2.45, 2.75) is 12.5 Å². The van der Waals surface area contributed by atoms with Gasteiger partial charge in [0, 0.05) is 24.3 Å². The largest absolute Gasteiger partial charge is 0.467 e. The predicted octanol–water partition coefficient (Wildman–Crippen LogP) is 3.81. The molecule has 1 N–H and O–H groups in total. The maximum Gasteiger partial charge on any atom is 0.251 e. The van der Waals surface area contributed by atoms with Crippen molar-refractivity contribution < 1.29 is 9.21 Å². The second-order valence-electron chi connectivity index (χ2n) is 6.18. The van der Waals surface area contributed by atoms with Crippen LogP contribution < -0.4 is 10.2 Å². The second-order valence-corrected chi connectivity index (χ2v) is 6.18. The summed E-state index contributed by atoms with van der Waals surface area (Å²) in [5, 5.41) is 3.05. The minimum Gasteiger partial charge on any atom is -0.467 e. The van der Waals surface area contributed by atoms with Crippen LogP contribution in [0.3, 0.4) is 0 Å². The molecule has 1 aliphatic heterocycles. The van der Waals surface area contributed by atoms with Crippen LogP contribution in [0.4, 0.5) is 5.69 Å². The van der Waals surface area contributed by atoms with Gasteiger partial charge in [-0.3, -0.25) is 4.79 Å². The summed E-state index contributed by atoms with van der Waals surface area (Å²) in [6.07, 6.45) is 2.70. The van der Waals surface area contributed by atoms with Crippen LogP contribution in [0.1, 0.15) is 27.7 Å². The van der Waals surface area contributed by atoms with E-state index in [4.69, 9.17) is 4.42 Å². The van der Waals surface area contributed by atoms with Gasteiger partial charge in [0.1, 0.15) is 11.8 Å². The van der Waals surface area contributed by atoms with Crippen molar-refractivity contribution in [3.8, 4) is 0 Å². The Labute approximate surface area is 147 Å². The Morgan fingerprint density at radius 3 is 2.64 bits per heavy atom. The van der Waals surface area contributed by atoms with E-state index in [0.717, 1.165) is 18.7 Å². The highest BCUT2D eigenvalue weighted by Crippen LogP contribution is 2.34. The maximum absolute atomic E-state index is 12.4. The molecule has 0 fully saturated rings. The van der Waals surface area contributed by atoms with Gasteiger partial charge in [-0.25, -0.2) is 0 Å². The Morgan fingerprint density at radius 1 is 1.04 bits per heavy atom. The van der Waals surface area contributed by atoms with E-state index in [1.54, 1.807) is 6.26 Å². The minimum absolute atomic E-state index is 0.0219. The lowest BCUT2D eigenvalue weighted by Gasteiger charge is -2.29. The maximum atomic E-state index is 12.4. The van der Waals surface area contributed by atoms with Crippen molar-refractivity contribution in [3.05, 3.63) is 89.9 Å². The van der Waals surface area contributed by atoms with Crippen molar-refractivity contribution in [2.75, 3.05) is 18.0 Å². The molecule has 1 aromatic heterocycles. The molecule has 1 atom stereocenters. The van der Waals surface area contributed by atoms with Gasteiger partial charge in [-0.05, 0) is 42.3 Å². The van der Waals surface area contributed by atoms with E-state index in [0.29, 0.717) is 12.1 Å². The third-order valence-corrected chi connectivity index (χ3v) is 4.66. The molecule has 2 heterocycles. The van der Waals surface area contributed by atoms with Crippen LogP contribution >= 0.6 is 0 Å². The van der Waals surface area contributed by atoms with Crippen LogP contribution in [-0.4, -0.2) is 19.0 Å². The zero-order valence-electron chi connectivity index (χ0n) is 13.9. The highest BCUT2D eigenvalue weighted by molar-refractivity contribution is 5.94. The average molecular weight is 332 g/mol. The fourth-order valence-electron chi connectivity index (χ4n) is 3.41. The molecule has 1 aliphatic rings. The van der Waals surface area contributed by atoms with Gasteiger partial charge in [0.05, 0.1) is 6.26 Å². The summed E-state index contributed by atoms with van der Waals surface area (Å²) >= 11 is 0. The summed E-state index contributed by atoms with van der Waals surface area (Å²) in [4.78, 5) is 14.7. The monoisotopic (exact) mass is 332 g/mol. The average Bonchev–Trinajstić information content (AvgIpc) is 3.33. The number of para-hydroxylation sites is 1. The first-order chi connectivity index (χ1) is 12.3. The van der Waals surface area contributed by atoms with E-state index >= 15 is 0 Å². The van der Waals surface area contributed by atoms with E-state index in [9.17, 15) is 4.79 Å². The summed E-state index contributed by atoms with van der Waals surface area (Å²) in [6.45, 7) is 1.42. The smallest absolute Gasteiger partial charge is 0.251 e. The van der Waals surface area contributed by atoms with Gasteiger partial charge in [0.2, 0.25) is 0 Å². The van der Waals surface area contributed by atoms with E-state index in [1.165, 1.54) is 11.3 Å². The number of rotatable bonds is 5. The number of amides is 1. The quantitative estimate of drug-likeness (QED) is 0.773. The first kappa shape index (κ1) is 15.5. The Balaban J connectivity index is 1.55. The lowest BCUT2D eigenvalue weighted by Crippen LogP contribution is -2.37. The molecule has 126 valence electrons. The normalized spacial score (nSPS) is 14.2. The summed E-state index contributed by atoms with van der Waals surface area (Å²) < 4.78 is 5.67. The van der Waals surface area contributed by atoms with Gasteiger partial charge in [-0.2, -0.15) is 0 Å². The molecule has 2 aromatic carbocycles. The molecule has 4 rings (SSSR count). The van der Waals surface area contributed by atoms with Crippen LogP contribution in [0.2, 0.25) is 0 Å². The SMILES string of the molecule is O=C(NC[C@H](c1ccco1)N1CCc2ccccc21)c1ccccc1. The highest BCUT2D eigenvalue weighted by atomic mass is 16.3. The Kier molecular flexibility index (Phi) is 4.25. The molecule has 0 saturated heterocycles. The molecule has 1 amide bonds. The molecule has 4 nitrogen and oxygen atoms in total. The van der Waals surface area contributed by atoms with Crippen LogP contribution in [-0.2, 0) is 6.42 Å². The number of nitrogens with one attached hydrogen (secondary N) is 1. The third-order valence-electron chi connectivity index (χ3n) is 4.66. The molecule has 25 heavy (non-hydrogen) atoms. The summed E-state index contributed by atoms with van der Waals surface area (Å²) in [7, 11) is 0. The summed E-state index contributed by atoms with van der Waals surface area (Å²) in [5.41, 5.74) is 3.23. The Morgan fingerprint density at radius 2 is 1.84 bits per heavy atom. The van der Waals surface area contributed by atoms with Gasteiger partial charge in [-0.1, -0.05) is 36.4 Å². The number of benzene rings is 2. The van der Waals surface area contributed by atoms with Crippen molar-refractivity contribution in [2.24, 2.45) is 0 Å². The summed E-state index contributed by atoms with van der Waals surface area (Å²) in [5.74, 6) is 0.801. The van der Waals surface area contributed by atoms with Gasteiger partial charge < -0.3 is 14.6 Å². The Bertz CT molecular complexity index is 843. The fraction of sp³-hybridized carbons (Fsp3) is 0.190. The van der Waals surface area contributed by atoms with Crippen LogP contribution in [0.25, 0.3) is 0 Å². The first-order valence-corrected chi connectivity index (χ1v) is 8.54. The van der Waals surface area contributed by atoms with Crippen molar-refractivity contribution in [3.63, 3.8) is 0 Å². The van der Waals surface area contributed by atoms with Crippen LogP contribution in [0, 0.1) is 0 Å². The van der Waals surface area contributed by atoms with Gasteiger partial charge in [0.15, 0.2) is 0 Å². The molecule has 0 spiro atoms. The van der Waals surface area contributed by atoms with Crippen molar-refractivity contribution >= 4 is 11.6 Å². The lowest BCUT2D eigenvalue weighted by atomic mass is 10.1. The highest BCUT2D eigenvalue weighted by Gasteiger charge is 2.29. The van der Waals surface area contributed by atoms with Gasteiger partial charge in [0.25, 0.3) is 5.91 Å². The number of carbonyl (C=O) groups is 1. The molecular weight excluding hydrogens is 312 g/mol. The van der Waals surface area contributed by atoms with E-state index in [-0.39, 0.29) is 11.9 Å². The lowest BCUT2D eigenvalue weighted by molar-refractivity contribution is 0.0950. The zero-order chi connectivity index (χ0) is 17.1. The van der Waals surface area contributed by atoms with Gasteiger partial charge in [-0.15, -0.1) is 0 Å². The Hall–Kier alpha value is -3.01. The number of nitrogens with zero attached hydrogens (tertiary/aromatic N) is 1. The van der Waals surface area contributed by atoms with E-state index in [1.807, 2.05) is 42.5 Å². The molecular formula is C21H20N2O2. The number of anilines is 1. The standard InChI is InChI=1S/C21H20N2O2/c24-21(17-8-2-1-3-9-17)22-15-19(20-11-6-14-25-20)23-13-12-16-7-4-5-10-18(16)23/h1-11,14,19H,12-13,15H2,(H,22,24)/t19-/m1/s1. The van der Waals surface area contributed by atoms with E-state index in [2.05, 4.69) is 34.5 Å². The molecule has 0 radical (unpaired) electrons. The molecule has 0 unspecified atom stereocenters. The number of hydrogen-bond acceptors (Lipinski definition) is 3. The van der Waals surface area contributed by atoms with Crippen molar-refractivity contribution in [1.29, 1.82) is 0 Å².